The van der Waals surface area contributed by atoms with Crippen LogP contribution in [0.25, 0.3) is 5.57 Å². The van der Waals surface area contributed by atoms with Crippen molar-refractivity contribution in [2.24, 2.45) is 0 Å². The van der Waals surface area contributed by atoms with E-state index in [2.05, 4.69) is 6.92 Å². The molecular formula is C24H27NO3. The summed E-state index contributed by atoms with van der Waals surface area (Å²) in [5, 5.41) is 13.2. The number of carbonyl (C=O) groups excluding carboxylic acids is 1. The highest BCUT2D eigenvalue weighted by Gasteiger charge is 2.48. The Morgan fingerprint density at radius 3 is 2.04 bits per heavy atom. The zero-order valence-electron chi connectivity index (χ0n) is 16.8. The van der Waals surface area contributed by atoms with Crippen molar-refractivity contribution in [2.45, 2.75) is 52.2 Å². The third-order valence-electron chi connectivity index (χ3n) is 4.95. The van der Waals surface area contributed by atoms with Gasteiger partial charge in [0.05, 0.1) is 0 Å². The molecular weight excluding hydrogens is 350 g/mol. The van der Waals surface area contributed by atoms with Crippen LogP contribution < -0.4 is 0 Å². The molecule has 1 aliphatic heterocycles. The molecule has 0 saturated heterocycles. The molecule has 0 aromatic heterocycles. The molecule has 0 amide bonds. The number of rotatable bonds is 7. The van der Waals surface area contributed by atoms with Gasteiger partial charge >= 0.3 is 5.72 Å². The van der Waals surface area contributed by atoms with Crippen molar-refractivity contribution < 1.29 is 14.3 Å². The summed E-state index contributed by atoms with van der Waals surface area (Å²) in [6, 6.07) is 19.9. The van der Waals surface area contributed by atoms with Gasteiger partial charge in [-0.15, -0.1) is 0 Å². The lowest BCUT2D eigenvalue weighted by Crippen LogP contribution is -2.36. The molecule has 0 N–H and O–H groups in total. The summed E-state index contributed by atoms with van der Waals surface area (Å²) in [7, 11) is 0. The highest BCUT2D eigenvalue weighted by Crippen LogP contribution is 2.37. The number of unbranched alkanes of at least 4 members (excludes halogenated alkanes) is 1. The van der Waals surface area contributed by atoms with Gasteiger partial charge < -0.3 is 9.94 Å². The van der Waals surface area contributed by atoms with Gasteiger partial charge in [-0.1, -0.05) is 74.0 Å². The van der Waals surface area contributed by atoms with Crippen molar-refractivity contribution in [3.05, 3.63) is 82.8 Å². The molecule has 0 fully saturated rings. The van der Waals surface area contributed by atoms with Gasteiger partial charge in [-0.25, -0.2) is 0 Å². The highest BCUT2D eigenvalue weighted by atomic mass is 16.6. The minimum Gasteiger partial charge on any atom is -0.621 e. The molecule has 0 aliphatic carbocycles. The largest absolute Gasteiger partial charge is 0.621 e. The normalized spacial score (nSPS) is 18.9. The summed E-state index contributed by atoms with van der Waals surface area (Å²) in [4.78, 5) is 11.8. The maximum absolute atomic E-state index is 13.2. The number of ketones is 1. The Hall–Kier alpha value is -2.88. The van der Waals surface area contributed by atoms with E-state index in [0.29, 0.717) is 17.9 Å². The van der Waals surface area contributed by atoms with Crippen LogP contribution in [0.3, 0.4) is 0 Å². The molecule has 2 aromatic carbocycles. The number of Topliss-reactive ketones (excluding diaryl/α,β-unsaturated/α-hetero) is 1. The van der Waals surface area contributed by atoms with Crippen molar-refractivity contribution in [1.82, 2.24) is 0 Å². The minimum absolute atomic E-state index is 0.0481. The lowest BCUT2D eigenvalue weighted by atomic mass is 9.94. The molecule has 4 nitrogen and oxygen atoms in total. The first kappa shape index (κ1) is 19.9. The topological polar surface area (TPSA) is 52.4 Å². The minimum atomic E-state index is -1.21. The fourth-order valence-electron chi connectivity index (χ4n) is 3.66. The fourth-order valence-corrected chi connectivity index (χ4v) is 3.66. The molecule has 0 radical (unpaired) electrons. The molecule has 1 heterocycles. The summed E-state index contributed by atoms with van der Waals surface area (Å²) in [5.74, 6) is 0.519. The third-order valence-corrected chi connectivity index (χ3v) is 4.95. The van der Waals surface area contributed by atoms with Crippen LogP contribution in [-0.2, 0) is 9.53 Å². The average molecular weight is 377 g/mol. The second-order valence-corrected chi connectivity index (χ2v) is 7.44. The number of hydroxylamine groups is 1. The molecule has 1 unspecified atom stereocenters. The summed E-state index contributed by atoms with van der Waals surface area (Å²) in [5.41, 5.74) is 2.27. The Labute approximate surface area is 166 Å². The lowest BCUT2D eigenvalue weighted by Gasteiger charge is -2.21. The second kappa shape index (κ2) is 8.42. The molecule has 1 atom stereocenters. The standard InChI is InChI=1S/C24H27NO3/c1-4-5-16-21-23(28-24(3,25(21)27)17-18(2)26)22(19-12-8-6-9-13-19)20-14-10-7-11-15-20/h6-15H,4-5,16-17H2,1-3H3. The smallest absolute Gasteiger partial charge is 0.320 e. The quantitative estimate of drug-likeness (QED) is 0.485. The summed E-state index contributed by atoms with van der Waals surface area (Å²) in [6.45, 7) is 5.29. The number of benzene rings is 2. The SMILES string of the molecule is CCCCC1=[N+]([O-])C(C)(CC(C)=O)OC1=C(c1ccccc1)c1ccccc1. The maximum Gasteiger partial charge on any atom is 0.320 e. The number of allylic oxidation sites excluding steroid dienone is 1. The van der Waals surface area contributed by atoms with Crippen molar-refractivity contribution in [3.8, 4) is 0 Å². The predicted octanol–water partition coefficient (Wildman–Crippen LogP) is 5.31. The summed E-state index contributed by atoms with van der Waals surface area (Å²) < 4.78 is 7.21. The molecule has 0 bridgehead atoms. The van der Waals surface area contributed by atoms with E-state index in [9.17, 15) is 10.0 Å². The van der Waals surface area contributed by atoms with Gasteiger partial charge in [0.1, 0.15) is 12.2 Å². The Kier molecular flexibility index (Phi) is 5.98. The van der Waals surface area contributed by atoms with E-state index in [1.165, 1.54) is 6.92 Å². The van der Waals surface area contributed by atoms with Crippen LogP contribution in [0.1, 0.15) is 57.6 Å². The van der Waals surface area contributed by atoms with Gasteiger partial charge in [0.2, 0.25) is 11.5 Å². The third kappa shape index (κ3) is 4.01. The van der Waals surface area contributed by atoms with Crippen molar-refractivity contribution in [2.75, 3.05) is 0 Å². The molecule has 2 aromatic rings. The van der Waals surface area contributed by atoms with E-state index in [1.807, 2.05) is 60.7 Å². The number of carbonyl (C=O) groups is 1. The van der Waals surface area contributed by atoms with Crippen molar-refractivity contribution in [1.29, 1.82) is 0 Å². The fraction of sp³-hybridized carbons (Fsp3) is 0.333. The zero-order chi connectivity index (χ0) is 20.1. The molecule has 4 heteroatoms. The van der Waals surface area contributed by atoms with Crippen LogP contribution in [0.2, 0.25) is 0 Å². The van der Waals surface area contributed by atoms with Gasteiger partial charge in [-0.3, -0.25) is 4.79 Å². The first-order valence-corrected chi connectivity index (χ1v) is 9.83. The number of hydrogen-bond acceptors (Lipinski definition) is 3. The van der Waals surface area contributed by atoms with Crippen LogP contribution in [0.15, 0.2) is 66.4 Å². The molecule has 0 spiro atoms. The Morgan fingerprint density at radius 1 is 1.04 bits per heavy atom. The van der Waals surface area contributed by atoms with Crippen molar-refractivity contribution >= 4 is 17.1 Å². The molecule has 1 aliphatic rings. The van der Waals surface area contributed by atoms with E-state index >= 15 is 0 Å². The Balaban J connectivity index is 2.24. The van der Waals surface area contributed by atoms with Crippen LogP contribution in [0, 0.1) is 5.21 Å². The van der Waals surface area contributed by atoms with Gasteiger partial charge in [-0.2, -0.15) is 4.74 Å². The predicted molar refractivity (Wildman–Crippen MR) is 112 cm³/mol. The Bertz CT molecular complexity index is 858. The second-order valence-electron chi connectivity index (χ2n) is 7.44. The maximum atomic E-state index is 13.2. The van der Waals surface area contributed by atoms with Gasteiger partial charge in [0.25, 0.3) is 0 Å². The molecule has 146 valence electrons. The van der Waals surface area contributed by atoms with E-state index in [4.69, 9.17) is 4.74 Å². The van der Waals surface area contributed by atoms with Crippen LogP contribution >= 0.6 is 0 Å². The molecule has 3 rings (SSSR count). The number of hydrogen-bond donors (Lipinski definition) is 0. The molecule has 0 saturated carbocycles. The van der Waals surface area contributed by atoms with Crippen LogP contribution in [0.4, 0.5) is 0 Å². The zero-order valence-corrected chi connectivity index (χ0v) is 16.8. The molecule has 28 heavy (non-hydrogen) atoms. The number of nitrogens with zero attached hydrogens (tertiary/aromatic N) is 1. The summed E-state index contributed by atoms with van der Waals surface area (Å²) in [6.07, 6.45) is 2.52. The number of ether oxygens (including phenoxy) is 1. The van der Waals surface area contributed by atoms with E-state index in [0.717, 1.165) is 34.3 Å². The monoisotopic (exact) mass is 377 g/mol. The van der Waals surface area contributed by atoms with Gasteiger partial charge in [-0.05, 0) is 24.5 Å². The van der Waals surface area contributed by atoms with E-state index < -0.39 is 5.72 Å². The van der Waals surface area contributed by atoms with Gasteiger partial charge in [0.15, 0.2) is 0 Å². The highest BCUT2D eigenvalue weighted by molar-refractivity contribution is 6.05. The lowest BCUT2D eigenvalue weighted by molar-refractivity contribution is -0.584. The van der Waals surface area contributed by atoms with Crippen LogP contribution in [-0.4, -0.2) is 22.0 Å². The van der Waals surface area contributed by atoms with Crippen molar-refractivity contribution in [3.63, 3.8) is 0 Å². The Morgan fingerprint density at radius 2 is 1.57 bits per heavy atom. The first-order chi connectivity index (χ1) is 13.5. The van der Waals surface area contributed by atoms with Gasteiger partial charge in [0, 0.05) is 18.9 Å². The summed E-state index contributed by atoms with van der Waals surface area (Å²) >= 11 is 0. The van der Waals surface area contributed by atoms with E-state index in [1.54, 1.807) is 6.92 Å². The first-order valence-electron chi connectivity index (χ1n) is 9.83. The average Bonchev–Trinajstić information content (AvgIpc) is 2.92. The van der Waals surface area contributed by atoms with E-state index in [-0.39, 0.29) is 12.2 Å². The van der Waals surface area contributed by atoms with Crippen LogP contribution in [0.5, 0.6) is 0 Å².